The van der Waals surface area contributed by atoms with Crippen LogP contribution in [0.3, 0.4) is 0 Å². The second-order valence-electron chi connectivity index (χ2n) is 5.95. The summed E-state index contributed by atoms with van der Waals surface area (Å²) in [5.74, 6) is 6.95. The van der Waals surface area contributed by atoms with Crippen LogP contribution in [0, 0.1) is 11.3 Å². The summed E-state index contributed by atoms with van der Waals surface area (Å²) in [4.78, 5) is 12.4. The Bertz CT molecular complexity index is 1050. The maximum atomic E-state index is 12.4. The molecule has 0 aliphatic rings. The predicted octanol–water partition coefficient (Wildman–Crippen LogP) is 3.32. The number of carbonyl (C=O) groups is 1. The monoisotopic (exact) mass is 472 g/mol. The number of thioether (sulfide) groups is 1. The molecule has 1 amide bonds. The number of nitrogen functional groups attached to an aromatic ring is 1. The topological polar surface area (TPSA) is 119 Å². The molecule has 1 heterocycles. The van der Waals surface area contributed by atoms with E-state index >= 15 is 0 Å². The second kappa shape index (κ2) is 9.45. The molecule has 8 nitrogen and oxygen atoms in total. The zero-order valence-electron chi connectivity index (χ0n) is 15.4. The number of aromatic nitrogens is 3. The molecule has 1 atom stereocenters. The summed E-state index contributed by atoms with van der Waals surface area (Å²) >= 11 is 4.57. The van der Waals surface area contributed by atoms with Crippen molar-refractivity contribution < 1.29 is 9.53 Å². The number of nitrogens with two attached hydrogens (primary N) is 1. The normalized spacial score (nSPS) is 11.5. The van der Waals surface area contributed by atoms with E-state index in [2.05, 4.69) is 31.4 Å². The van der Waals surface area contributed by atoms with Gasteiger partial charge in [-0.05, 0) is 49.4 Å². The molecule has 1 aromatic heterocycles. The zero-order chi connectivity index (χ0) is 20.8. The maximum Gasteiger partial charge on any atom is 0.237 e. The number of halogens is 1. The Kier molecular flexibility index (Phi) is 6.74. The average molecular weight is 473 g/mol. The first-order valence-electron chi connectivity index (χ1n) is 8.51. The Hall–Kier alpha value is -3.03. The second-order valence-corrected chi connectivity index (χ2v) is 8.18. The lowest BCUT2D eigenvalue weighted by Crippen LogP contribution is -2.24. The van der Waals surface area contributed by atoms with E-state index in [1.165, 1.54) is 16.4 Å². The summed E-state index contributed by atoms with van der Waals surface area (Å²) in [5.41, 5.74) is 1.14. The van der Waals surface area contributed by atoms with Gasteiger partial charge in [-0.25, -0.2) is 4.68 Å². The standard InChI is InChI=1S/C19H17BrN6O2S/c1-12(18(27)23-15-7-5-13(10-21)6-8-15)29-19-25-24-17(26(19)22)11-28-16-4-2-3-14(20)9-16/h2-9,12H,11,22H2,1H3,(H,23,27)/t12-/m0/s1. The number of amides is 1. The highest BCUT2D eigenvalue weighted by atomic mass is 79.9. The number of hydrogen-bond donors (Lipinski definition) is 2. The molecule has 29 heavy (non-hydrogen) atoms. The van der Waals surface area contributed by atoms with Crippen LogP contribution in [0.15, 0.2) is 58.2 Å². The van der Waals surface area contributed by atoms with E-state index in [1.54, 1.807) is 31.2 Å². The zero-order valence-corrected chi connectivity index (χ0v) is 17.8. The van der Waals surface area contributed by atoms with Crippen LogP contribution in [0.5, 0.6) is 5.75 Å². The van der Waals surface area contributed by atoms with Crippen molar-refractivity contribution in [3.63, 3.8) is 0 Å². The average Bonchev–Trinajstić information content (AvgIpc) is 3.06. The van der Waals surface area contributed by atoms with Gasteiger partial charge in [-0.3, -0.25) is 4.79 Å². The largest absolute Gasteiger partial charge is 0.485 e. The number of rotatable bonds is 7. The number of carbonyl (C=O) groups excluding carboxylic acids is 1. The molecule has 0 unspecified atom stereocenters. The van der Waals surface area contributed by atoms with Gasteiger partial charge in [0.15, 0.2) is 5.82 Å². The van der Waals surface area contributed by atoms with Gasteiger partial charge in [-0.2, -0.15) is 5.26 Å². The highest BCUT2D eigenvalue weighted by Gasteiger charge is 2.19. The highest BCUT2D eigenvalue weighted by Crippen LogP contribution is 2.23. The minimum atomic E-state index is -0.462. The fourth-order valence-electron chi connectivity index (χ4n) is 2.27. The lowest BCUT2D eigenvalue weighted by atomic mass is 10.2. The van der Waals surface area contributed by atoms with Crippen LogP contribution in [0.4, 0.5) is 5.69 Å². The van der Waals surface area contributed by atoms with Crippen LogP contribution < -0.4 is 15.9 Å². The van der Waals surface area contributed by atoms with Crippen molar-refractivity contribution in [1.29, 1.82) is 5.26 Å². The molecule has 3 rings (SSSR count). The third-order valence-corrected chi connectivity index (χ3v) is 5.38. The Morgan fingerprint density at radius 1 is 1.34 bits per heavy atom. The van der Waals surface area contributed by atoms with Gasteiger partial charge in [-0.15, -0.1) is 10.2 Å². The van der Waals surface area contributed by atoms with Crippen LogP contribution in [0.25, 0.3) is 0 Å². The molecule has 2 aromatic carbocycles. The first-order valence-corrected chi connectivity index (χ1v) is 10.2. The molecule has 0 aliphatic heterocycles. The summed E-state index contributed by atoms with van der Waals surface area (Å²) in [6.45, 7) is 1.89. The predicted molar refractivity (Wildman–Crippen MR) is 114 cm³/mol. The van der Waals surface area contributed by atoms with E-state index in [1.807, 2.05) is 30.3 Å². The first-order chi connectivity index (χ1) is 14.0. The highest BCUT2D eigenvalue weighted by molar-refractivity contribution is 9.10. The minimum absolute atomic E-state index is 0.145. The summed E-state index contributed by atoms with van der Waals surface area (Å²) in [5, 5.41) is 19.6. The van der Waals surface area contributed by atoms with Gasteiger partial charge >= 0.3 is 0 Å². The van der Waals surface area contributed by atoms with Crippen molar-refractivity contribution in [2.24, 2.45) is 0 Å². The number of nitrogens with one attached hydrogen (secondary N) is 1. The number of ether oxygens (including phenoxy) is 1. The molecule has 3 aromatic rings. The molecule has 0 aliphatic carbocycles. The number of nitrogens with zero attached hydrogens (tertiary/aromatic N) is 4. The Balaban J connectivity index is 1.58. The van der Waals surface area contributed by atoms with E-state index in [4.69, 9.17) is 15.8 Å². The van der Waals surface area contributed by atoms with Gasteiger partial charge in [-0.1, -0.05) is 33.8 Å². The molecule has 3 N–H and O–H groups in total. The maximum absolute atomic E-state index is 12.4. The van der Waals surface area contributed by atoms with Crippen LogP contribution in [-0.4, -0.2) is 26.0 Å². The van der Waals surface area contributed by atoms with Crippen molar-refractivity contribution in [1.82, 2.24) is 14.9 Å². The lowest BCUT2D eigenvalue weighted by Gasteiger charge is -2.11. The van der Waals surface area contributed by atoms with Crippen molar-refractivity contribution in [3.8, 4) is 11.8 Å². The van der Waals surface area contributed by atoms with Crippen molar-refractivity contribution in [2.75, 3.05) is 11.2 Å². The van der Waals surface area contributed by atoms with Crippen LogP contribution in [0.1, 0.15) is 18.3 Å². The van der Waals surface area contributed by atoms with Crippen molar-refractivity contribution in [3.05, 3.63) is 64.4 Å². The number of hydrogen-bond acceptors (Lipinski definition) is 7. The summed E-state index contributed by atoms with van der Waals surface area (Å²) in [7, 11) is 0. The molecule has 10 heteroatoms. The number of nitriles is 1. The van der Waals surface area contributed by atoms with Crippen LogP contribution in [-0.2, 0) is 11.4 Å². The third kappa shape index (κ3) is 5.49. The van der Waals surface area contributed by atoms with E-state index < -0.39 is 5.25 Å². The molecule has 0 radical (unpaired) electrons. The van der Waals surface area contributed by atoms with E-state index in [9.17, 15) is 4.79 Å². The first kappa shape index (κ1) is 20.7. The van der Waals surface area contributed by atoms with Crippen molar-refractivity contribution >= 4 is 39.3 Å². The molecule has 0 spiro atoms. The van der Waals surface area contributed by atoms with Gasteiger partial charge < -0.3 is 15.9 Å². The summed E-state index contributed by atoms with van der Waals surface area (Å²) < 4.78 is 7.89. The summed E-state index contributed by atoms with van der Waals surface area (Å²) in [6.07, 6.45) is 0. The summed E-state index contributed by atoms with van der Waals surface area (Å²) in [6, 6.07) is 16.1. The van der Waals surface area contributed by atoms with Gasteiger partial charge in [0.2, 0.25) is 11.1 Å². The van der Waals surface area contributed by atoms with Crippen LogP contribution in [0.2, 0.25) is 0 Å². The van der Waals surface area contributed by atoms with Crippen molar-refractivity contribution in [2.45, 2.75) is 23.9 Å². The molecular weight excluding hydrogens is 456 g/mol. The molecule has 148 valence electrons. The fraction of sp³-hybridized carbons (Fsp3) is 0.158. The third-order valence-electron chi connectivity index (χ3n) is 3.83. The quantitative estimate of drug-likeness (QED) is 0.399. The van der Waals surface area contributed by atoms with Gasteiger partial charge in [0.05, 0.1) is 16.9 Å². The van der Waals surface area contributed by atoms with Gasteiger partial charge in [0.25, 0.3) is 0 Å². The van der Waals surface area contributed by atoms with E-state index in [-0.39, 0.29) is 12.5 Å². The van der Waals surface area contributed by atoms with Gasteiger partial charge in [0.1, 0.15) is 12.4 Å². The fourth-order valence-corrected chi connectivity index (χ4v) is 3.44. The molecule has 0 saturated heterocycles. The SMILES string of the molecule is C[C@H](Sc1nnc(COc2cccc(Br)c2)n1N)C(=O)Nc1ccc(C#N)cc1. The molecule has 0 saturated carbocycles. The number of benzene rings is 2. The Morgan fingerprint density at radius 3 is 2.79 bits per heavy atom. The van der Waals surface area contributed by atoms with E-state index in [0.29, 0.717) is 28.0 Å². The van der Waals surface area contributed by atoms with Crippen LogP contribution >= 0.6 is 27.7 Å². The Labute approximate surface area is 180 Å². The Morgan fingerprint density at radius 2 is 2.10 bits per heavy atom. The smallest absolute Gasteiger partial charge is 0.237 e. The van der Waals surface area contributed by atoms with Gasteiger partial charge in [0, 0.05) is 10.2 Å². The lowest BCUT2D eigenvalue weighted by molar-refractivity contribution is -0.115. The molecular formula is C19H17BrN6O2S. The number of anilines is 1. The minimum Gasteiger partial charge on any atom is -0.485 e. The molecule has 0 fully saturated rings. The molecule has 0 bridgehead atoms. The van der Waals surface area contributed by atoms with E-state index in [0.717, 1.165) is 4.47 Å².